The lowest BCUT2D eigenvalue weighted by Crippen LogP contribution is -2.39. The number of carbonyl (C=O) groups excluding carboxylic acids is 1. The lowest BCUT2D eigenvalue weighted by molar-refractivity contribution is -0.127. The average molecular weight is 341 g/mol. The van der Waals surface area contributed by atoms with Gasteiger partial charge in [-0.25, -0.2) is 0 Å². The van der Waals surface area contributed by atoms with Gasteiger partial charge in [-0.15, -0.1) is 0 Å². The molecular formula is C15H21BrN2O2. The van der Waals surface area contributed by atoms with Crippen LogP contribution in [0.25, 0.3) is 0 Å². The average Bonchev–Trinajstić information content (AvgIpc) is 2.84. The van der Waals surface area contributed by atoms with Crippen LogP contribution in [0.15, 0.2) is 28.7 Å². The van der Waals surface area contributed by atoms with E-state index in [4.69, 9.17) is 4.74 Å². The molecule has 20 heavy (non-hydrogen) atoms. The van der Waals surface area contributed by atoms with Crippen LogP contribution in [0.5, 0.6) is 5.75 Å². The van der Waals surface area contributed by atoms with E-state index in [1.807, 2.05) is 24.3 Å². The van der Waals surface area contributed by atoms with Crippen LogP contribution in [-0.4, -0.2) is 43.6 Å². The summed E-state index contributed by atoms with van der Waals surface area (Å²) < 4.78 is 6.62. The molecule has 2 rings (SSSR count). The van der Waals surface area contributed by atoms with E-state index < -0.39 is 6.10 Å². The molecule has 1 aromatic carbocycles. The van der Waals surface area contributed by atoms with Crippen molar-refractivity contribution in [3.05, 3.63) is 28.7 Å². The minimum Gasteiger partial charge on any atom is -0.481 e. The molecule has 0 radical (unpaired) electrons. The van der Waals surface area contributed by atoms with Crippen molar-refractivity contribution in [2.45, 2.75) is 19.4 Å². The third-order valence-corrected chi connectivity index (χ3v) is 4.08. The molecule has 1 amide bonds. The first-order chi connectivity index (χ1) is 9.54. The van der Waals surface area contributed by atoms with E-state index >= 15 is 0 Å². The predicted octanol–water partition coefficient (Wildman–Crippen LogP) is 2.28. The van der Waals surface area contributed by atoms with Gasteiger partial charge in [0.25, 0.3) is 5.91 Å². The Balaban J connectivity index is 1.75. The second kappa shape index (κ2) is 7.09. The van der Waals surface area contributed by atoms with Crippen molar-refractivity contribution in [2.75, 3.05) is 26.7 Å². The Kier molecular flexibility index (Phi) is 5.43. The van der Waals surface area contributed by atoms with Crippen LogP contribution in [0.4, 0.5) is 0 Å². The van der Waals surface area contributed by atoms with Gasteiger partial charge >= 0.3 is 0 Å². The van der Waals surface area contributed by atoms with Crippen molar-refractivity contribution < 1.29 is 9.53 Å². The first-order valence-electron chi connectivity index (χ1n) is 6.93. The lowest BCUT2D eigenvalue weighted by atomic mass is 10.1. The van der Waals surface area contributed by atoms with E-state index in [2.05, 4.69) is 33.2 Å². The van der Waals surface area contributed by atoms with Gasteiger partial charge in [0.05, 0.1) is 0 Å². The normalized spacial score (nSPS) is 20.6. The maximum Gasteiger partial charge on any atom is 0.260 e. The molecule has 1 aromatic rings. The molecule has 0 saturated carbocycles. The third-order valence-electron chi connectivity index (χ3n) is 3.55. The minimum atomic E-state index is -0.477. The molecule has 1 aliphatic heterocycles. The highest BCUT2D eigenvalue weighted by Gasteiger charge is 2.21. The van der Waals surface area contributed by atoms with Crippen molar-refractivity contribution in [1.29, 1.82) is 0 Å². The highest BCUT2D eigenvalue weighted by Crippen LogP contribution is 2.17. The Morgan fingerprint density at radius 1 is 1.50 bits per heavy atom. The van der Waals surface area contributed by atoms with Gasteiger partial charge in [0.15, 0.2) is 6.10 Å². The van der Waals surface area contributed by atoms with Crippen molar-refractivity contribution in [3.63, 3.8) is 0 Å². The van der Waals surface area contributed by atoms with Gasteiger partial charge in [-0.1, -0.05) is 15.9 Å². The summed E-state index contributed by atoms with van der Waals surface area (Å²) in [6, 6.07) is 7.49. The summed E-state index contributed by atoms with van der Waals surface area (Å²) in [6.45, 7) is 4.68. The van der Waals surface area contributed by atoms with E-state index in [1.54, 1.807) is 6.92 Å². The number of likely N-dealkylation sites (tertiary alicyclic amines) is 1. The van der Waals surface area contributed by atoms with Crippen LogP contribution in [0.3, 0.4) is 0 Å². The van der Waals surface area contributed by atoms with Crippen LogP contribution in [0.1, 0.15) is 13.3 Å². The molecule has 1 saturated heterocycles. The molecular weight excluding hydrogens is 320 g/mol. The van der Waals surface area contributed by atoms with Gasteiger partial charge in [-0.2, -0.15) is 0 Å². The number of halogens is 1. The standard InChI is InChI=1S/C15H21BrN2O2/c1-11(20-14-5-3-13(16)4-6-14)15(19)17-9-12-7-8-18(2)10-12/h3-6,11-12H,7-10H2,1-2H3,(H,17,19)/t11-,12-/m1/s1. The quantitative estimate of drug-likeness (QED) is 0.894. The van der Waals surface area contributed by atoms with Crippen LogP contribution in [-0.2, 0) is 4.79 Å². The number of benzene rings is 1. The summed E-state index contributed by atoms with van der Waals surface area (Å²) in [6.07, 6.45) is 0.675. The second-order valence-electron chi connectivity index (χ2n) is 5.38. The molecule has 5 heteroatoms. The van der Waals surface area contributed by atoms with E-state index in [0.29, 0.717) is 11.7 Å². The number of ether oxygens (including phenoxy) is 1. The topological polar surface area (TPSA) is 41.6 Å². The number of hydrogen-bond acceptors (Lipinski definition) is 3. The molecule has 0 aliphatic carbocycles. The number of hydrogen-bond donors (Lipinski definition) is 1. The molecule has 110 valence electrons. The predicted molar refractivity (Wildman–Crippen MR) is 82.8 cm³/mol. The summed E-state index contributed by atoms with van der Waals surface area (Å²) >= 11 is 3.37. The summed E-state index contributed by atoms with van der Waals surface area (Å²) in [7, 11) is 2.11. The fraction of sp³-hybridized carbons (Fsp3) is 0.533. The molecule has 2 atom stereocenters. The molecule has 0 aromatic heterocycles. The zero-order valence-electron chi connectivity index (χ0n) is 11.9. The van der Waals surface area contributed by atoms with Crippen molar-refractivity contribution in [1.82, 2.24) is 10.2 Å². The van der Waals surface area contributed by atoms with Crippen LogP contribution < -0.4 is 10.1 Å². The van der Waals surface area contributed by atoms with E-state index in [9.17, 15) is 4.79 Å². The van der Waals surface area contributed by atoms with Crippen molar-refractivity contribution in [2.24, 2.45) is 5.92 Å². The number of carbonyl (C=O) groups is 1. The van der Waals surface area contributed by atoms with Gasteiger partial charge in [0.2, 0.25) is 0 Å². The fourth-order valence-electron chi connectivity index (χ4n) is 2.35. The fourth-order valence-corrected chi connectivity index (χ4v) is 2.62. The van der Waals surface area contributed by atoms with E-state index in [-0.39, 0.29) is 5.91 Å². The van der Waals surface area contributed by atoms with E-state index in [1.165, 1.54) is 0 Å². The maximum absolute atomic E-state index is 12.0. The molecule has 1 aliphatic rings. The molecule has 1 fully saturated rings. The van der Waals surface area contributed by atoms with Gasteiger partial charge in [0, 0.05) is 17.6 Å². The zero-order valence-corrected chi connectivity index (χ0v) is 13.5. The van der Waals surface area contributed by atoms with Crippen LogP contribution >= 0.6 is 15.9 Å². The molecule has 0 bridgehead atoms. The van der Waals surface area contributed by atoms with Crippen molar-refractivity contribution >= 4 is 21.8 Å². The largest absolute Gasteiger partial charge is 0.481 e. The molecule has 4 nitrogen and oxygen atoms in total. The van der Waals surface area contributed by atoms with Gasteiger partial charge < -0.3 is 15.0 Å². The first-order valence-corrected chi connectivity index (χ1v) is 7.72. The van der Waals surface area contributed by atoms with Gasteiger partial charge in [-0.3, -0.25) is 4.79 Å². The lowest BCUT2D eigenvalue weighted by Gasteiger charge is -2.17. The number of rotatable bonds is 5. The van der Waals surface area contributed by atoms with E-state index in [0.717, 1.165) is 30.5 Å². The first kappa shape index (κ1) is 15.3. The molecule has 0 unspecified atom stereocenters. The minimum absolute atomic E-state index is 0.0533. The Labute approximate surface area is 128 Å². The zero-order chi connectivity index (χ0) is 14.5. The van der Waals surface area contributed by atoms with Crippen LogP contribution in [0.2, 0.25) is 0 Å². The SMILES string of the molecule is C[C@@H](Oc1ccc(Br)cc1)C(=O)NC[C@H]1CCN(C)C1. The van der Waals surface area contributed by atoms with Gasteiger partial charge in [-0.05, 0) is 57.1 Å². The summed E-state index contributed by atoms with van der Waals surface area (Å²) in [5.74, 6) is 1.21. The Morgan fingerprint density at radius 3 is 2.80 bits per heavy atom. The monoisotopic (exact) mass is 340 g/mol. The Hall–Kier alpha value is -1.07. The highest BCUT2D eigenvalue weighted by molar-refractivity contribution is 9.10. The second-order valence-corrected chi connectivity index (χ2v) is 6.29. The summed E-state index contributed by atoms with van der Waals surface area (Å²) in [5, 5.41) is 2.98. The Bertz CT molecular complexity index is 450. The molecule has 1 heterocycles. The number of nitrogens with zero attached hydrogens (tertiary/aromatic N) is 1. The highest BCUT2D eigenvalue weighted by atomic mass is 79.9. The van der Waals surface area contributed by atoms with Crippen LogP contribution in [0, 0.1) is 5.92 Å². The molecule has 0 spiro atoms. The Morgan fingerprint density at radius 2 is 2.20 bits per heavy atom. The molecule has 1 N–H and O–H groups in total. The summed E-state index contributed by atoms with van der Waals surface area (Å²) in [5.41, 5.74) is 0. The number of amides is 1. The smallest absolute Gasteiger partial charge is 0.260 e. The van der Waals surface area contributed by atoms with Crippen molar-refractivity contribution in [3.8, 4) is 5.75 Å². The third kappa shape index (κ3) is 4.49. The number of nitrogens with one attached hydrogen (secondary N) is 1. The van der Waals surface area contributed by atoms with Gasteiger partial charge in [0.1, 0.15) is 5.75 Å². The summed E-state index contributed by atoms with van der Waals surface area (Å²) in [4.78, 5) is 14.3. The maximum atomic E-state index is 12.0.